The van der Waals surface area contributed by atoms with Gasteiger partial charge < -0.3 is 19.6 Å². The van der Waals surface area contributed by atoms with E-state index in [9.17, 15) is 9.59 Å². The molecule has 0 aliphatic carbocycles. The zero-order chi connectivity index (χ0) is 19.3. The number of carbonyl (C=O) groups excluding carboxylic acids is 2. The molecular weight excluding hydrogens is 344 g/mol. The number of hydrogen-bond acceptors (Lipinski definition) is 4. The lowest BCUT2D eigenvalue weighted by atomic mass is 9.76. The average molecular weight is 370 g/mol. The van der Waals surface area contributed by atoms with E-state index in [1.165, 1.54) is 16.0 Å². The van der Waals surface area contributed by atoms with E-state index in [0.29, 0.717) is 13.1 Å². The molecule has 1 spiro atoms. The number of aliphatic hydroxyl groups excluding tert-OH is 1. The van der Waals surface area contributed by atoms with Gasteiger partial charge in [-0.05, 0) is 30.5 Å². The monoisotopic (exact) mass is 370 g/mol. The van der Waals surface area contributed by atoms with Crippen LogP contribution in [-0.4, -0.2) is 65.2 Å². The van der Waals surface area contributed by atoms with Crippen LogP contribution in [0.3, 0.4) is 0 Å². The van der Waals surface area contributed by atoms with Gasteiger partial charge in [-0.3, -0.25) is 9.59 Å². The Kier molecular flexibility index (Phi) is 4.35. The van der Waals surface area contributed by atoms with Crippen molar-refractivity contribution in [3.8, 4) is 0 Å². The van der Waals surface area contributed by atoms with Crippen LogP contribution in [0.5, 0.6) is 0 Å². The summed E-state index contributed by atoms with van der Waals surface area (Å²) in [5.41, 5.74) is 2.82. The summed E-state index contributed by atoms with van der Waals surface area (Å²) in [6.07, 6.45) is 3.53. The Morgan fingerprint density at radius 2 is 2.15 bits per heavy atom. The highest BCUT2D eigenvalue weighted by molar-refractivity contribution is 5.93. The molecule has 4 atom stereocenters. The summed E-state index contributed by atoms with van der Waals surface area (Å²) < 4.78 is 6.14. The number of hydrogen-bond donors (Lipinski definition) is 1. The van der Waals surface area contributed by atoms with Crippen molar-refractivity contribution in [2.75, 3.05) is 26.7 Å². The van der Waals surface area contributed by atoms with Gasteiger partial charge in [0.05, 0.1) is 31.1 Å². The van der Waals surface area contributed by atoms with Gasteiger partial charge in [-0.15, -0.1) is 0 Å². The molecule has 1 aromatic rings. The predicted molar refractivity (Wildman–Crippen MR) is 99.8 cm³/mol. The number of likely N-dealkylation sites (N-methyl/N-ethyl adjacent to an activating group) is 1. The van der Waals surface area contributed by atoms with Crippen molar-refractivity contribution in [1.29, 1.82) is 0 Å². The fourth-order valence-corrected chi connectivity index (χ4v) is 4.63. The molecule has 2 saturated heterocycles. The van der Waals surface area contributed by atoms with E-state index in [0.717, 1.165) is 5.56 Å². The quantitative estimate of drug-likeness (QED) is 0.786. The lowest BCUT2D eigenvalue weighted by Crippen LogP contribution is -2.45. The molecule has 27 heavy (non-hydrogen) atoms. The predicted octanol–water partition coefficient (Wildman–Crippen LogP) is 1.04. The number of rotatable bonds is 5. The summed E-state index contributed by atoms with van der Waals surface area (Å²) in [4.78, 5) is 29.4. The first kappa shape index (κ1) is 18.2. The van der Waals surface area contributed by atoms with Crippen LogP contribution in [0.2, 0.25) is 0 Å². The topological polar surface area (TPSA) is 70.1 Å². The number of benzene rings is 1. The van der Waals surface area contributed by atoms with E-state index >= 15 is 0 Å². The SMILES string of the molecule is Cc1ccc(CN2C[C@]34C=C[C@H](O3)C(C(=O)N(C)CCO)C4C2=O)cc1C. The number of ether oxygens (including phenoxy) is 1. The third kappa shape index (κ3) is 2.78. The molecule has 2 amide bonds. The van der Waals surface area contributed by atoms with Gasteiger partial charge in [0.1, 0.15) is 5.60 Å². The van der Waals surface area contributed by atoms with E-state index in [-0.39, 0.29) is 31.1 Å². The van der Waals surface area contributed by atoms with Crippen LogP contribution >= 0.6 is 0 Å². The van der Waals surface area contributed by atoms with Crippen LogP contribution in [-0.2, 0) is 20.9 Å². The standard InChI is InChI=1S/C21H26N2O4/c1-13-4-5-15(10-14(13)2)11-23-12-21-7-6-16(27-21)17(18(21)20(23)26)19(25)22(3)8-9-24/h4-7,10,16-18,24H,8-9,11-12H2,1-3H3/t16-,17?,18?,21-/m0/s1. The lowest BCUT2D eigenvalue weighted by molar-refractivity contribution is -0.142. The van der Waals surface area contributed by atoms with Gasteiger partial charge in [0, 0.05) is 20.1 Å². The maximum atomic E-state index is 13.2. The van der Waals surface area contributed by atoms with E-state index in [4.69, 9.17) is 9.84 Å². The van der Waals surface area contributed by atoms with E-state index in [1.54, 1.807) is 7.05 Å². The Balaban J connectivity index is 1.57. The first-order valence-electron chi connectivity index (χ1n) is 9.44. The molecule has 1 aromatic carbocycles. The Labute approximate surface area is 159 Å². The number of aliphatic hydroxyl groups is 1. The molecule has 1 N–H and O–H groups in total. The smallest absolute Gasteiger partial charge is 0.230 e. The highest BCUT2D eigenvalue weighted by Crippen LogP contribution is 2.52. The number of carbonyl (C=O) groups is 2. The Hall–Kier alpha value is -2.18. The summed E-state index contributed by atoms with van der Waals surface area (Å²) in [5, 5.41) is 9.13. The lowest BCUT2D eigenvalue weighted by Gasteiger charge is -2.27. The van der Waals surface area contributed by atoms with Crippen molar-refractivity contribution in [2.24, 2.45) is 11.8 Å². The van der Waals surface area contributed by atoms with Gasteiger partial charge in [-0.2, -0.15) is 0 Å². The molecule has 4 rings (SSSR count). The van der Waals surface area contributed by atoms with Crippen LogP contribution in [0.25, 0.3) is 0 Å². The fourth-order valence-electron chi connectivity index (χ4n) is 4.63. The summed E-state index contributed by atoms with van der Waals surface area (Å²) in [7, 11) is 1.66. The van der Waals surface area contributed by atoms with Gasteiger partial charge in [-0.25, -0.2) is 0 Å². The molecule has 3 heterocycles. The van der Waals surface area contributed by atoms with Crippen LogP contribution in [0.4, 0.5) is 0 Å². The van der Waals surface area contributed by atoms with Crippen LogP contribution < -0.4 is 0 Å². The van der Waals surface area contributed by atoms with Crippen molar-refractivity contribution in [3.63, 3.8) is 0 Å². The third-order valence-corrected chi connectivity index (χ3v) is 6.22. The molecule has 6 heteroatoms. The molecule has 144 valence electrons. The Morgan fingerprint density at radius 1 is 1.37 bits per heavy atom. The fraction of sp³-hybridized carbons (Fsp3) is 0.524. The first-order chi connectivity index (χ1) is 12.9. The van der Waals surface area contributed by atoms with E-state index in [1.807, 2.05) is 23.1 Å². The second-order valence-corrected chi connectivity index (χ2v) is 8.00. The summed E-state index contributed by atoms with van der Waals surface area (Å²) >= 11 is 0. The second-order valence-electron chi connectivity index (χ2n) is 8.00. The van der Waals surface area contributed by atoms with Crippen molar-refractivity contribution >= 4 is 11.8 Å². The van der Waals surface area contributed by atoms with Gasteiger partial charge in [0.2, 0.25) is 11.8 Å². The van der Waals surface area contributed by atoms with Crippen molar-refractivity contribution in [1.82, 2.24) is 9.80 Å². The first-order valence-corrected chi connectivity index (χ1v) is 9.44. The van der Waals surface area contributed by atoms with Gasteiger partial charge in [-0.1, -0.05) is 30.4 Å². The molecule has 3 aliphatic heterocycles. The maximum absolute atomic E-state index is 13.2. The number of amides is 2. The van der Waals surface area contributed by atoms with Crippen molar-refractivity contribution in [2.45, 2.75) is 32.1 Å². The van der Waals surface area contributed by atoms with Crippen LogP contribution in [0.15, 0.2) is 30.4 Å². The van der Waals surface area contributed by atoms with Gasteiger partial charge in [0.25, 0.3) is 0 Å². The molecular formula is C21H26N2O4. The summed E-state index contributed by atoms with van der Waals surface area (Å²) in [5.74, 6) is -1.14. The minimum atomic E-state index is -0.693. The molecule has 0 radical (unpaired) electrons. The molecule has 2 unspecified atom stereocenters. The maximum Gasteiger partial charge on any atom is 0.230 e. The minimum absolute atomic E-state index is 0.0178. The average Bonchev–Trinajstić information content (AvgIpc) is 3.26. The Bertz CT molecular complexity index is 820. The summed E-state index contributed by atoms with van der Waals surface area (Å²) in [6.45, 7) is 5.29. The number of aryl methyl sites for hydroxylation is 2. The van der Waals surface area contributed by atoms with Gasteiger partial charge >= 0.3 is 0 Å². The number of nitrogens with zero attached hydrogens (tertiary/aromatic N) is 2. The molecule has 0 aromatic heterocycles. The van der Waals surface area contributed by atoms with Crippen LogP contribution in [0, 0.1) is 25.7 Å². The van der Waals surface area contributed by atoms with Crippen molar-refractivity contribution < 1.29 is 19.4 Å². The molecule has 2 fully saturated rings. The van der Waals surface area contributed by atoms with Gasteiger partial charge in [0.15, 0.2) is 0 Å². The molecule has 6 nitrogen and oxygen atoms in total. The number of likely N-dealkylation sites (tertiary alicyclic amines) is 1. The highest BCUT2D eigenvalue weighted by Gasteiger charge is 2.67. The zero-order valence-electron chi connectivity index (χ0n) is 16.0. The normalized spacial score (nSPS) is 30.9. The van der Waals surface area contributed by atoms with E-state index in [2.05, 4.69) is 26.0 Å². The largest absolute Gasteiger partial charge is 0.395 e. The molecule has 2 bridgehead atoms. The molecule has 0 saturated carbocycles. The summed E-state index contributed by atoms with van der Waals surface area (Å²) in [6, 6.07) is 6.23. The third-order valence-electron chi connectivity index (χ3n) is 6.22. The molecule has 3 aliphatic rings. The minimum Gasteiger partial charge on any atom is -0.395 e. The zero-order valence-corrected chi connectivity index (χ0v) is 16.0. The van der Waals surface area contributed by atoms with E-state index < -0.39 is 17.4 Å². The second kappa shape index (κ2) is 6.46. The number of fused-ring (bicyclic) bond motifs is 1. The van der Waals surface area contributed by atoms with Crippen LogP contribution in [0.1, 0.15) is 16.7 Å². The highest BCUT2D eigenvalue weighted by atomic mass is 16.5. The Morgan fingerprint density at radius 3 is 2.85 bits per heavy atom. The van der Waals surface area contributed by atoms with Crippen molar-refractivity contribution in [3.05, 3.63) is 47.0 Å².